The molecule has 0 saturated heterocycles. The lowest BCUT2D eigenvalue weighted by atomic mass is 9.81. The largest absolute Gasteiger partial charge is 0.0622 e. The molecule has 0 nitrogen and oxygen atoms in total. The Morgan fingerprint density at radius 3 is 0.963 bits per heavy atom. The second-order valence-corrected chi connectivity index (χ2v) is 14.0. The molecule has 0 aromatic heterocycles. The van der Waals surface area contributed by atoms with Gasteiger partial charge < -0.3 is 0 Å². The average Bonchev–Trinajstić information content (AvgIpc) is 3.25. The molecule has 0 N–H and O–H groups in total. The van der Waals surface area contributed by atoms with Crippen LogP contribution in [0, 0.1) is 0 Å². The van der Waals surface area contributed by atoms with E-state index in [1.807, 2.05) is 0 Å². The second kappa shape index (κ2) is 13.5. The smallest absolute Gasteiger partial charge is 0.00199 e. The van der Waals surface area contributed by atoms with Crippen molar-refractivity contribution in [3.8, 4) is 66.8 Å². The quantitative estimate of drug-likeness (QED) is 0.153. The van der Waals surface area contributed by atoms with Crippen LogP contribution in [0.4, 0.5) is 0 Å². The van der Waals surface area contributed by atoms with Crippen LogP contribution in [0.25, 0.3) is 99.1 Å². The molecule has 0 aliphatic carbocycles. The van der Waals surface area contributed by atoms with E-state index in [2.05, 4.69) is 218 Å². The standard InChI is InChI=1S/C54H36/c1-3-17-37(18-4-1)39-23-15-25-43(33-39)45-27-9-11-29-47(45)53-49-31-13-14-32-50(49)54(52-36-42-22-8-7-21-41(42)35-51(52)53)48-30-12-10-28-46(48)44-26-16-24-40(34-44)38-19-5-2-6-20-38/h1-36H. The molecule has 0 unspecified atom stereocenters. The van der Waals surface area contributed by atoms with Gasteiger partial charge >= 0.3 is 0 Å². The Kier molecular flexibility index (Phi) is 7.93. The summed E-state index contributed by atoms with van der Waals surface area (Å²) in [5.41, 5.74) is 14.7. The monoisotopic (exact) mass is 684 g/mol. The molecule has 0 spiro atoms. The lowest BCUT2D eigenvalue weighted by Gasteiger charge is -2.22. The zero-order valence-corrected chi connectivity index (χ0v) is 29.8. The summed E-state index contributed by atoms with van der Waals surface area (Å²) in [5.74, 6) is 0. The Labute approximate surface area is 316 Å². The molecule has 0 aliphatic heterocycles. The molecule has 252 valence electrons. The summed E-state index contributed by atoms with van der Waals surface area (Å²) in [7, 11) is 0. The van der Waals surface area contributed by atoms with Crippen LogP contribution >= 0.6 is 0 Å². The molecule has 10 rings (SSSR count). The van der Waals surface area contributed by atoms with Crippen LogP contribution in [-0.4, -0.2) is 0 Å². The summed E-state index contributed by atoms with van der Waals surface area (Å²) in [6.07, 6.45) is 0. The van der Waals surface area contributed by atoms with Gasteiger partial charge in [-0.3, -0.25) is 0 Å². The molecule has 0 aliphatic rings. The van der Waals surface area contributed by atoms with Crippen molar-refractivity contribution in [2.45, 2.75) is 0 Å². The van der Waals surface area contributed by atoms with Crippen LogP contribution in [0.1, 0.15) is 0 Å². The molecule has 0 bridgehead atoms. The Morgan fingerprint density at radius 1 is 0.185 bits per heavy atom. The predicted molar refractivity (Wildman–Crippen MR) is 232 cm³/mol. The van der Waals surface area contributed by atoms with E-state index >= 15 is 0 Å². The van der Waals surface area contributed by atoms with Crippen molar-refractivity contribution in [1.82, 2.24) is 0 Å². The zero-order valence-electron chi connectivity index (χ0n) is 29.8. The van der Waals surface area contributed by atoms with E-state index in [0.29, 0.717) is 0 Å². The molecule has 0 heterocycles. The molecule has 10 aromatic carbocycles. The first kappa shape index (κ1) is 31.7. The van der Waals surface area contributed by atoms with Crippen molar-refractivity contribution in [3.05, 3.63) is 218 Å². The van der Waals surface area contributed by atoms with Crippen molar-refractivity contribution < 1.29 is 0 Å². The first-order chi connectivity index (χ1) is 26.8. The molecule has 54 heavy (non-hydrogen) atoms. The second-order valence-electron chi connectivity index (χ2n) is 14.0. The fourth-order valence-electron chi connectivity index (χ4n) is 8.34. The molecule has 10 aromatic rings. The van der Waals surface area contributed by atoms with Crippen LogP contribution in [0.5, 0.6) is 0 Å². The summed E-state index contributed by atoms with van der Waals surface area (Å²) < 4.78 is 0. The Hall–Kier alpha value is -7.02. The van der Waals surface area contributed by atoms with Gasteiger partial charge in [0.1, 0.15) is 0 Å². The van der Waals surface area contributed by atoms with E-state index < -0.39 is 0 Å². The molecule has 0 atom stereocenters. The molecular weight excluding hydrogens is 649 g/mol. The SMILES string of the molecule is c1ccc(-c2cccc(-c3ccccc3-c3c4ccccc4c(-c4ccccc4-c4cccc(-c5ccccc5)c4)c4cc5ccccc5cc34)c2)cc1. The van der Waals surface area contributed by atoms with E-state index in [-0.39, 0.29) is 0 Å². The molecule has 0 fully saturated rings. The number of rotatable bonds is 6. The topological polar surface area (TPSA) is 0 Å². The molecular formula is C54H36. The average molecular weight is 685 g/mol. The van der Waals surface area contributed by atoms with Crippen molar-refractivity contribution >= 4 is 32.3 Å². The zero-order chi connectivity index (χ0) is 35.8. The van der Waals surface area contributed by atoms with Crippen molar-refractivity contribution in [2.75, 3.05) is 0 Å². The Morgan fingerprint density at radius 2 is 0.519 bits per heavy atom. The van der Waals surface area contributed by atoms with Gasteiger partial charge in [-0.05, 0) is 123 Å². The number of hydrogen-bond donors (Lipinski definition) is 0. The summed E-state index contributed by atoms with van der Waals surface area (Å²) in [5, 5.41) is 7.47. The number of hydrogen-bond acceptors (Lipinski definition) is 0. The van der Waals surface area contributed by atoms with E-state index in [1.165, 1.54) is 99.1 Å². The summed E-state index contributed by atoms with van der Waals surface area (Å²) >= 11 is 0. The third kappa shape index (κ3) is 5.57. The third-order valence-corrected chi connectivity index (χ3v) is 10.8. The molecule has 0 radical (unpaired) electrons. The summed E-state index contributed by atoms with van der Waals surface area (Å²) in [6, 6.07) is 79.8. The van der Waals surface area contributed by atoms with Gasteiger partial charge in [-0.25, -0.2) is 0 Å². The van der Waals surface area contributed by atoms with Crippen molar-refractivity contribution in [2.24, 2.45) is 0 Å². The van der Waals surface area contributed by atoms with Gasteiger partial charge in [0.15, 0.2) is 0 Å². The predicted octanol–water partition coefficient (Wildman–Crippen LogP) is 15.1. The maximum absolute atomic E-state index is 2.42. The van der Waals surface area contributed by atoms with Gasteiger partial charge in [-0.2, -0.15) is 0 Å². The molecule has 0 amide bonds. The van der Waals surface area contributed by atoms with E-state index in [4.69, 9.17) is 0 Å². The van der Waals surface area contributed by atoms with Gasteiger partial charge in [0.25, 0.3) is 0 Å². The first-order valence-corrected chi connectivity index (χ1v) is 18.7. The van der Waals surface area contributed by atoms with Crippen LogP contribution in [0.15, 0.2) is 218 Å². The van der Waals surface area contributed by atoms with E-state index in [9.17, 15) is 0 Å². The maximum Gasteiger partial charge on any atom is -0.00199 e. The minimum atomic E-state index is 1.21. The minimum Gasteiger partial charge on any atom is -0.0622 e. The highest BCUT2D eigenvalue weighted by Crippen LogP contribution is 2.49. The van der Waals surface area contributed by atoms with E-state index in [0.717, 1.165) is 0 Å². The lowest BCUT2D eigenvalue weighted by molar-refractivity contribution is 1.58. The van der Waals surface area contributed by atoms with Gasteiger partial charge in [0.05, 0.1) is 0 Å². The fourth-order valence-corrected chi connectivity index (χ4v) is 8.34. The molecule has 0 saturated carbocycles. The normalized spacial score (nSPS) is 11.3. The Bertz CT molecular complexity index is 2770. The van der Waals surface area contributed by atoms with Crippen LogP contribution in [0.3, 0.4) is 0 Å². The minimum absolute atomic E-state index is 1.21. The highest BCUT2D eigenvalue weighted by Gasteiger charge is 2.21. The number of fused-ring (bicyclic) bond motifs is 3. The lowest BCUT2D eigenvalue weighted by Crippen LogP contribution is -1.94. The van der Waals surface area contributed by atoms with Gasteiger partial charge in [-0.15, -0.1) is 0 Å². The highest BCUT2D eigenvalue weighted by molar-refractivity contribution is 6.25. The fraction of sp³-hybridized carbons (Fsp3) is 0. The summed E-state index contributed by atoms with van der Waals surface area (Å²) in [4.78, 5) is 0. The number of benzene rings is 10. The highest BCUT2D eigenvalue weighted by atomic mass is 14.2. The van der Waals surface area contributed by atoms with Crippen LogP contribution in [-0.2, 0) is 0 Å². The van der Waals surface area contributed by atoms with Crippen LogP contribution in [0.2, 0.25) is 0 Å². The molecule has 0 heteroatoms. The Balaban J connectivity index is 1.27. The van der Waals surface area contributed by atoms with Crippen molar-refractivity contribution in [3.63, 3.8) is 0 Å². The first-order valence-electron chi connectivity index (χ1n) is 18.7. The van der Waals surface area contributed by atoms with Crippen LogP contribution < -0.4 is 0 Å². The van der Waals surface area contributed by atoms with E-state index in [1.54, 1.807) is 0 Å². The van der Waals surface area contributed by atoms with Gasteiger partial charge in [0.2, 0.25) is 0 Å². The van der Waals surface area contributed by atoms with Gasteiger partial charge in [0, 0.05) is 0 Å². The van der Waals surface area contributed by atoms with Crippen molar-refractivity contribution in [1.29, 1.82) is 0 Å². The summed E-state index contributed by atoms with van der Waals surface area (Å²) in [6.45, 7) is 0. The maximum atomic E-state index is 2.42. The third-order valence-electron chi connectivity index (χ3n) is 10.8. The van der Waals surface area contributed by atoms with Gasteiger partial charge in [-0.1, -0.05) is 194 Å².